The number of hydrogen-bond acceptors (Lipinski definition) is 3. The average Bonchev–Trinajstić information content (AvgIpc) is 2.68. The van der Waals surface area contributed by atoms with Crippen molar-refractivity contribution in [3.05, 3.63) is 75.7 Å². The Balaban J connectivity index is 1.70. The molecule has 3 aromatic rings. The summed E-state index contributed by atoms with van der Waals surface area (Å²) in [5.41, 5.74) is 1.89. The third kappa shape index (κ3) is 3.41. The number of benzene rings is 2. The molecule has 1 saturated heterocycles. The van der Waals surface area contributed by atoms with Crippen molar-refractivity contribution in [2.24, 2.45) is 0 Å². The SMILES string of the molecule is [O-][n+]1cc2c(OCc3ccccc3)cccc2c(Br)c1C1CCOCC1. The second kappa shape index (κ2) is 7.64. The Morgan fingerprint density at radius 3 is 2.58 bits per heavy atom. The predicted molar refractivity (Wildman–Crippen MR) is 104 cm³/mol. The number of rotatable bonds is 4. The van der Waals surface area contributed by atoms with E-state index in [4.69, 9.17) is 9.47 Å². The van der Waals surface area contributed by atoms with Gasteiger partial charge in [0.1, 0.15) is 12.4 Å². The number of nitrogens with zero attached hydrogens (tertiary/aromatic N) is 1. The summed E-state index contributed by atoms with van der Waals surface area (Å²) in [5, 5.41) is 14.6. The Morgan fingerprint density at radius 2 is 1.81 bits per heavy atom. The van der Waals surface area contributed by atoms with Gasteiger partial charge in [-0.05, 0) is 40.4 Å². The highest BCUT2D eigenvalue weighted by atomic mass is 79.9. The van der Waals surface area contributed by atoms with Gasteiger partial charge in [0, 0.05) is 18.6 Å². The van der Waals surface area contributed by atoms with Gasteiger partial charge in [0.2, 0.25) is 5.69 Å². The van der Waals surface area contributed by atoms with E-state index >= 15 is 0 Å². The first kappa shape index (κ1) is 17.3. The van der Waals surface area contributed by atoms with Gasteiger partial charge in [-0.2, -0.15) is 4.73 Å². The molecule has 0 atom stereocenters. The van der Waals surface area contributed by atoms with E-state index in [-0.39, 0.29) is 5.92 Å². The van der Waals surface area contributed by atoms with Crippen molar-refractivity contribution in [1.82, 2.24) is 0 Å². The molecule has 0 bridgehead atoms. The normalized spacial score (nSPS) is 15.3. The Kier molecular flexibility index (Phi) is 5.09. The highest BCUT2D eigenvalue weighted by Gasteiger charge is 2.28. The molecule has 1 aliphatic rings. The van der Waals surface area contributed by atoms with Gasteiger partial charge in [0.25, 0.3) is 0 Å². The average molecular weight is 414 g/mol. The van der Waals surface area contributed by atoms with Crippen LogP contribution >= 0.6 is 15.9 Å². The molecular formula is C21H20BrNO3. The predicted octanol–water partition coefficient (Wildman–Crippen LogP) is 4.71. The highest BCUT2D eigenvalue weighted by molar-refractivity contribution is 9.10. The Bertz CT molecular complexity index is 908. The molecule has 26 heavy (non-hydrogen) atoms. The van der Waals surface area contributed by atoms with Crippen molar-refractivity contribution in [2.75, 3.05) is 13.2 Å². The van der Waals surface area contributed by atoms with Crippen LogP contribution in [0.2, 0.25) is 0 Å². The number of hydrogen-bond donors (Lipinski definition) is 0. The molecule has 5 heteroatoms. The number of halogens is 1. The molecular weight excluding hydrogens is 394 g/mol. The van der Waals surface area contributed by atoms with Crippen molar-refractivity contribution >= 4 is 26.7 Å². The van der Waals surface area contributed by atoms with Crippen molar-refractivity contribution in [3.63, 3.8) is 0 Å². The molecule has 1 aromatic heterocycles. The molecule has 1 aliphatic heterocycles. The molecule has 0 amide bonds. The summed E-state index contributed by atoms with van der Waals surface area (Å²) in [5.74, 6) is 0.934. The number of ether oxygens (including phenoxy) is 2. The third-order valence-corrected chi connectivity index (χ3v) is 5.69. The topological polar surface area (TPSA) is 45.4 Å². The molecule has 0 spiro atoms. The van der Waals surface area contributed by atoms with Gasteiger partial charge in [-0.1, -0.05) is 42.5 Å². The lowest BCUT2D eigenvalue weighted by Crippen LogP contribution is -2.35. The molecule has 0 unspecified atom stereocenters. The zero-order chi connectivity index (χ0) is 17.9. The van der Waals surface area contributed by atoms with Crippen LogP contribution in [0, 0.1) is 5.21 Å². The van der Waals surface area contributed by atoms with Crippen LogP contribution in [-0.2, 0) is 11.3 Å². The van der Waals surface area contributed by atoms with Crippen molar-refractivity contribution in [3.8, 4) is 5.75 Å². The van der Waals surface area contributed by atoms with Gasteiger partial charge >= 0.3 is 0 Å². The van der Waals surface area contributed by atoms with E-state index < -0.39 is 0 Å². The summed E-state index contributed by atoms with van der Waals surface area (Å²) in [7, 11) is 0. The van der Waals surface area contributed by atoms with Crippen LogP contribution in [0.15, 0.2) is 59.2 Å². The Hall–Kier alpha value is -2.11. The fourth-order valence-electron chi connectivity index (χ4n) is 3.48. The van der Waals surface area contributed by atoms with Gasteiger partial charge in [0.05, 0.1) is 15.8 Å². The Morgan fingerprint density at radius 1 is 1.04 bits per heavy atom. The minimum absolute atomic E-state index is 0.217. The first-order valence-electron chi connectivity index (χ1n) is 8.83. The summed E-state index contributed by atoms with van der Waals surface area (Å²) in [6.07, 6.45) is 3.39. The van der Waals surface area contributed by atoms with Crippen LogP contribution in [-0.4, -0.2) is 13.2 Å². The van der Waals surface area contributed by atoms with E-state index in [1.165, 1.54) is 0 Å². The van der Waals surface area contributed by atoms with Crippen LogP contribution in [0.3, 0.4) is 0 Å². The van der Waals surface area contributed by atoms with Gasteiger partial charge in [-0.15, -0.1) is 0 Å². The maximum atomic E-state index is 12.8. The summed E-state index contributed by atoms with van der Waals surface area (Å²) in [4.78, 5) is 0. The lowest BCUT2D eigenvalue weighted by Gasteiger charge is -2.22. The number of pyridine rings is 1. The molecule has 2 heterocycles. The smallest absolute Gasteiger partial charge is 0.210 e. The fourth-order valence-corrected chi connectivity index (χ4v) is 4.33. The lowest BCUT2D eigenvalue weighted by molar-refractivity contribution is -0.615. The van der Waals surface area contributed by atoms with Gasteiger partial charge < -0.3 is 14.7 Å². The minimum atomic E-state index is 0.217. The summed E-state index contributed by atoms with van der Waals surface area (Å²) in [6.45, 7) is 1.88. The second-order valence-electron chi connectivity index (χ2n) is 6.53. The van der Waals surface area contributed by atoms with Gasteiger partial charge in [0.15, 0.2) is 6.20 Å². The monoisotopic (exact) mass is 413 g/mol. The van der Waals surface area contributed by atoms with E-state index in [0.717, 1.165) is 49.8 Å². The van der Waals surface area contributed by atoms with E-state index in [9.17, 15) is 5.21 Å². The maximum Gasteiger partial charge on any atom is 0.210 e. The number of fused-ring (bicyclic) bond motifs is 1. The largest absolute Gasteiger partial charge is 0.618 e. The quantitative estimate of drug-likeness (QED) is 0.459. The van der Waals surface area contributed by atoms with E-state index in [1.807, 2.05) is 48.5 Å². The summed E-state index contributed by atoms with van der Waals surface area (Å²) >= 11 is 3.68. The summed E-state index contributed by atoms with van der Waals surface area (Å²) < 4.78 is 13.3. The molecule has 0 N–H and O–H groups in total. The molecule has 2 aromatic carbocycles. The van der Waals surface area contributed by atoms with Crippen molar-refractivity contribution < 1.29 is 14.2 Å². The fraction of sp³-hybridized carbons (Fsp3) is 0.286. The first-order chi connectivity index (χ1) is 12.7. The van der Waals surface area contributed by atoms with Crippen LogP contribution in [0.25, 0.3) is 10.8 Å². The van der Waals surface area contributed by atoms with E-state index in [1.54, 1.807) is 6.20 Å². The first-order valence-corrected chi connectivity index (χ1v) is 9.62. The molecule has 0 radical (unpaired) electrons. The number of aromatic nitrogens is 1. The second-order valence-corrected chi connectivity index (χ2v) is 7.33. The van der Waals surface area contributed by atoms with Crippen LogP contribution < -0.4 is 9.47 Å². The van der Waals surface area contributed by atoms with E-state index in [0.29, 0.717) is 19.8 Å². The van der Waals surface area contributed by atoms with Gasteiger partial charge in [-0.25, -0.2) is 0 Å². The molecule has 134 valence electrons. The molecule has 4 nitrogen and oxygen atoms in total. The summed E-state index contributed by atoms with van der Waals surface area (Å²) in [6, 6.07) is 15.9. The minimum Gasteiger partial charge on any atom is -0.618 e. The Labute approximate surface area is 161 Å². The maximum absolute atomic E-state index is 12.8. The molecule has 4 rings (SSSR count). The third-order valence-electron chi connectivity index (χ3n) is 4.86. The molecule has 0 saturated carbocycles. The lowest BCUT2D eigenvalue weighted by atomic mass is 9.94. The van der Waals surface area contributed by atoms with Crippen LogP contribution in [0.4, 0.5) is 0 Å². The van der Waals surface area contributed by atoms with Crippen LogP contribution in [0.5, 0.6) is 5.75 Å². The van der Waals surface area contributed by atoms with Crippen molar-refractivity contribution in [2.45, 2.75) is 25.4 Å². The van der Waals surface area contributed by atoms with E-state index in [2.05, 4.69) is 15.9 Å². The van der Waals surface area contributed by atoms with Gasteiger partial charge in [-0.3, -0.25) is 0 Å². The molecule has 1 fully saturated rings. The highest BCUT2D eigenvalue weighted by Crippen LogP contribution is 2.37. The zero-order valence-electron chi connectivity index (χ0n) is 14.4. The zero-order valence-corrected chi connectivity index (χ0v) is 15.9. The molecule has 0 aliphatic carbocycles. The van der Waals surface area contributed by atoms with Crippen LogP contribution in [0.1, 0.15) is 30.0 Å². The standard InChI is InChI=1S/C21H20BrNO3/c22-20-17-7-4-8-19(26-14-15-5-2-1-3-6-15)18(17)13-23(24)21(20)16-9-11-25-12-10-16/h1-8,13,16H,9-12,14H2. The van der Waals surface area contributed by atoms with Crippen molar-refractivity contribution in [1.29, 1.82) is 0 Å².